The molecule has 0 unspecified atom stereocenters. The normalized spacial score (nSPS) is 59.1. The Morgan fingerprint density at radius 3 is 1.69 bits per heavy atom. The summed E-state index contributed by atoms with van der Waals surface area (Å²) in [5.74, 6) is 5.61. The summed E-state index contributed by atoms with van der Waals surface area (Å²) in [6.07, 6.45) is 15.9. The van der Waals surface area contributed by atoms with E-state index in [4.69, 9.17) is 0 Å². The summed E-state index contributed by atoms with van der Waals surface area (Å²) in [4.78, 5) is 0. The summed E-state index contributed by atoms with van der Waals surface area (Å²) in [6.45, 7) is 0. The van der Waals surface area contributed by atoms with Gasteiger partial charge in [0.05, 0.1) is 0 Å². The van der Waals surface area contributed by atoms with Crippen LogP contribution in [0.3, 0.4) is 0 Å². The van der Waals surface area contributed by atoms with Crippen LogP contribution >= 0.6 is 0 Å². The smallest absolute Gasteiger partial charge is 0.00958 e. The number of rotatable bonds is 0. The third-order valence-corrected chi connectivity index (χ3v) is 4.55. The van der Waals surface area contributed by atoms with Crippen molar-refractivity contribution in [1.29, 1.82) is 0 Å². The van der Waals surface area contributed by atoms with E-state index in [0.717, 1.165) is 35.5 Å². The van der Waals surface area contributed by atoms with Crippen molar-refractivity contribution in [2.75, 3.05) is 0 Å². The first-order valence-corrected chi connectivity index (χ1v) is 5.48. The summed E-state index contributed by atoms with van der Waals surface area (Å²) in [5, 5.41) is 0. The van der Waals surface area contributed by atoms with E-state index in [-0.39, 0.29) is 0 Å². The molecule has 0 heteroatoms. The van der Waals surface area contributed by atoms with Crippen molar-refractivity contribution >= 4 is 0 Å². The van der Waals surface area contributed by atoms with Crippen LogP contribution in [0.4, 0.5) is 0 Å². The Morgan fingerprint density at radius 2 is 1.15 bits per heavy atom. The van der Waals surface area contributed by atoms with Crippen LogP contribution in [0, 0.1) is 35.5 Å². The molecule has 0 radical (unpaired) electrons. The van der Waals surface area contributed by atoms with Gasteiger partial charge in [0, 0.05) is 0 Å². The maximum absolute atomic E-state index is 2.50. The van der Waals surface area contributed by atoms with Crippen molar-refractivity contribution in [1.82, 2.24) is 0 Å². The van der Waals surface area contributed by atoms with Crippen molar-refractivity contribution in [2.24, 2.45) is 35.5 Å². The highest BCUT2D eigenvalue weighted by atomic mass is 14.6. The molecule has 2 bridgehead atoms. The molecule has 0 aromatic heterocycles. The average molecular weight is 170 g/mol. The molecule has 5 rings (SSSR count). The molecule has 0 nitrogen and oxygen atoms in total. The Bertz CT molecular complexity index is 302. The summed E-state index contributed by atoms with van der Waals surface area (Å²) >= 11 is 0. The van der Waals surface area contributed by atoms with Crippen molar-refractivity contribution in [3.8, 4) is 0 Å². The molecule has 13 heavy (non-hydrogen) atoms. The second-order valence-corrected chi connectivity index (χ2v) is 5.03. The largest absolute Gasteiger partial charge is 0.0842 e. The first-order valence-electron chi connectivity index (χ1n) is 5.48. The second kappa shape index (κ2) is 2.00. The lowest BCUT2D eigenvalue weighted by Gasteiger charge is -2.43. The third-order valence-electron chi connectivity index (χ3n) is 4.55. The van der Waals surface area contributed by atoms with Crippen LogP contribution in [0.1, 0.15) is 6.42 Å². The van der Waals surface area contributed by atoms with Gasteiger partial charge in [-0.25, -0.2) is 0 Å². The fourth-order valence-electron chi connectivity index (χ4n) is 3.90. The van der Waals surface area contributed by atoms with Crippen LogP contribution in [0.5, 0.6) is 0 Å². The number of hydrogen-bond donors (Lipinski definition) is 0. The maximum Gasteiger partial charge on any atom is -0.00958 e. The molecule has 66 valence electrons. The van der Waals surface area contributed by atoms with E-state index in [9.17, 15) is 0 Å². The molecule has 0 heterocycles. The zero-order chi connectivity index (χ0) is 8.41. The minimum Gasteiger partial charge on any atom is -0.0842 e. The molecule has 5 aliphatic rings. The standard InChI is InChI=1S/C13H14/c1-2-4-9-8(3-1)10-5-6-11(9)13-7-12(10)13/h1-6,8-13H,7H2/t8-,9+,10-,11+,12+,13-. The minimum absolute atomic E-state index is 0.851. The molecule has 0 N–H and O–H groups in total. The molecular weight excluding hydrogens is 156 g/mol. The van der Waals surface area contributed by atoms with Gasteiger partial charge in [0.15, 0.2) is 0 Å². The Labute approximate surface area is 79.0 Å². The van der Waals surface area contributed by atoms with E-state index in [1.807, 2.05) is 0 Å². The van der Waals surface area contributed by atoms with E-state index in [2.05, 4.69) is 36.5 Å². The average Bonchev–Trinajstić information content (AvgIpc) is 2.98. The van der Waals surface area contributed by atoms with Gasteiger partial charge in [-0.3, -0.25) is 0 Å². The molecular formula is C13H14. The van der Waals surface area contributed by atoms with Crippen molar-refractivity contribution in [2.45, 2.75) is 6.42 Å². The van der Waals surface area contributed by atoms with Gasteiger partial charge in [0.1, 0.15) is 0 Å². The lowest BCUT2D eigenvalue weighted by atomic mass is 9.61. The number of allylic oxidation sites excluding steroid dienone is 6. The van der Waals surface area contributed by atoms with Gasteiger partial charge in [-0.1, -0.05) is 36.5 Å². The van der Waals surface area contributed by atoms with Gasteiger partial charge in [0.25, 0.3) is 0 Å². The SMILES string of the molecule is C1=C[C@@H]2[C@H](C=C1)[C@@H]1C=C[C@H]2[C@@H]2C[C@H]12. The molecule has 6 atom stereocenters. The molecule has 0 saturated heterocycles. The molecule has 0 aromatic rings. The van der Waals surface area contributed by atoms with Gasteiger partial charge in [-0.05, 0) is 41.9 Å². The maximum atomic E-state index is 2.50. The zero-order valence-electron chi connectivity index (χ0n) is 7.64. The first kappa shape index (κ1) is 6.64. The highest BCUT2D eigenvalue weighted by molar-refractivity contribution is 5.30. The Morgan fingerprint density at radius 1 is 0.615 bits per heavy atom. The second-order valence-electron chi connectivity index (χ2n) is 5.03. The Hall–Kier alpha value is -0.780. The van der Waals surface area contributed by atoms with Gasteiger partial charge in [-0.2, -0.15) is 0 Å². The fourth-order valence-corrected chi connectivity index (χ4v) is 3.90. The first-order chi connectivity index (χ1) is 6.45. The molecule has 2 fully saturated rings. The Kier molecular flexibility index (Phi) is 1.02. The summed E-state index contributed by atoms with van der Waals surface area (Å²) in [5.41, 5.74) is 0. The van der Waals surface area contributed by atoms with E-state index >= 15 is 0 Å². The van der Waals surface area contributed by atoms with E-state index in [0.29, 0.717) is 0 Å². The van der Waals surface area contributed by atoms with E-state index in [1.54, 1.807) is 0 Å². The van der Waals surface area contributed by atoms with Gasteiger partial charge in [0.2, 0.25) is 0 Å². The highest BCUT2D eigenvalue weighted by Gasteiger charge is 2.58. The topological polar surface area (TPSA) is 0 Å². The van der Waals surface area contributed by atoms with Crippen LogP contribution in [-0.4, -0.2) is 0 Å². The summed E-state index contributed by atoms with van der Waals surface area (Å²) < 4.78 is 0. The third kappa shape index (κ3) is 0.688. The molecule has 2 saturated carbocycles. The predicted molar refractivity (Wildman–Crippen MR) is 53.0 cm³/mol. The zero-order valence-corrected chi connectivity index (χ0v) is 7.64. The summed E-state index contributed by atoms with van der Waals surface area (Å²) in [7, 11) is 0. The van der Waals surface area contributed by atoms with E-state index in [1.165, 1.54) is 6.42 Å². The molecule has 0 amide bonds. The van der Waals surface area contributed by atoms with Gasteiger partial charge < -0.3 is 0 Å². The van der Waals surface area contributed by atoms with Crippen molar-refractivity contribution in [3.63, 3.8) is 0 Å². The van der Waals surface area contributed by atoms with Crippen LogP contribution < -0.4 is 0 Å². The van der Waals surface area contributed by atoms with Crippen molar-refractivity contribution in [3.05, 3.63) is 36.5 Å². The molecule has 5 aliphatic carbocycles. The summed E-state index contributed by atoms with van der Waals surface area (Å²) in [6, 6.07) is 0. The number of hydrogen-bond acceptors (Lipinski definition) is 0. The quantitative estimate of drug-likeness (QED) is 0.490. The van der Waals surface area contributed by atoms with Crippen LogP contribution in [0.15, 0.2) is 36.5 Å². The Balaban J connectivity index is 1.85. The van der Waals surface area contributed by atoms with Crippen molar-refractivity contribution < 1.29 is 0 Å². The minimum atomic E-state index is 0.851. The monoisotopic (exact) mass is 170 g/mol. The lowest BCUT2D eigenvalue weighted by molar-refractivity contribution is 0.182. The predicted octanol–water partition coefficient (Wildman–Crippen LogP) is 2.80. The highest BCUT2D eigenvalue weighted by Crippen LogP contribution is 2.64. The van der Waals surface area contributed by atoms with Crippen LogP contribution in [0.25, 0.3) is 0 Å². The van der Waals surface area contributed by atoms with Crippen LogP contribution in [0.2, 0.25) is 0 Å². The molecule has 0 spiro atoms. The molecule has 0 aromatic carbocycles. The van der Waals surface area contributed by atoms with Gasteiger partial charge >= 0.3 is 0 Å². The van der Waals surface area contributed by atoms with Crippen LogP contribution in [-0.2, 0) is 0 Å². The molecule has 0 aliphatic heterocycles. The fraction of sp³-hybridized carbons (Fsp3) is 0.538. The van der Waals surface area contributed by atoms with Gasteiger partial charge in [-0.15, -0.1) is 0 Å². The van der Waals surface area contributed by atoms with E-state index < -0.39 is 0 Å². The lowest BCUT2D eigenvalue weighted by Crippen LogP contribution is -2.37.